The third-order valence-corrected chi connectivity index (χ3v) is 3.26. The molecule has 2 aromatic carbocycles. The van der Waals surface area contributed by atoms with E-state index in [1.807, 2.05) is 0 Å². The lowest BCUT2D eigenvalue weighted by atomic mass is 10.1. The van der Waals surface area contributed by atoms with Gasteiger partial charge in [-0.15, -0.1) is 0 Å². The molecule has 3 nitrogen and oxygen atoms in total. The number of halogens is 4. The van der Waals surface area contributed by atoms with Crippen molar-refractivity contribution in [2.75, 3.05) is 4.90 Å². The highest BCUT2D eigenvalue weighted by atomic mass is 19.4. The number of benzene rings is 2. The molecule has 1 aliphatic rings. The molecular weight excluding hydrogens is 302 g/mol. The number of fused-ring (bicyclic) bond motifs is 1. The summed E-state index contributed by atoms with van der Waals surface area (Å²) in [5.74, 6) is -2.74. The molecule has 112 valence electrons. The molecule has 0 spiro atoms. The molecule has 0 N–H and O–H groups in total. The number of imide groups is 1. The van der Waals surface area contributed by atoms with Gasteiger partial charge >= 0.3 is 6.18 Å². The van der Waals surface area contributed by atoms with Gasteiger partial charge in [-0.2, -0.15) is 13.2 Å². The molecule has 0 saturated heterocycles. The van der Waals surface area contributed by atoms with Crippen molar-refractivity contribution in [3.8, 4) is 0 Å². The Hall–Kier alpha value is -2.70. The van der Waals surface area contributed by atoms with Gasteiger partial charge in [0.1, 0.15) is 5.82 Å². The topological polar surface area (TPSA) is 37.4 Å². The highest BCUT2D eigenvalue weighted by Crippen LogP contribution is 2.35. The number of alkyl halides is 3. The lowest BCUT2D eigenvalue weighted by molar-refractivity contribution is -0.137. The molecule has 1 aliphatic heterocycles. The first kappa shape index (κ1) is 14.2. The van der Waals surface area contributed by atoms with E-state index in [-0.39, 0.29) is 11.1 Å². The Morgan fingerprint density at radius 2 is 1.41 bits per heavy atom. The maximum Gasteiger partial charge on any atom is 0.416 e. The second kappa shape index (κ2) is 4.66. The number of anilines is 1. The van der Waals surface area contributed by atoms with Gasteiger partial charge in [-0.3, -0.25) is 9.59 Å². The molecule has 0 unspecified atom stereocenters. The van der Waals surface area contributed by atoms with Gasteiger partial charge in [0.25, 0.3) is 11.8 Å². The zero-order valence-corrected chi connectivity index (χ0v) is 10.8. The standard InChI is InChI=1S/C15H7F4NO2/c16-9-5-8(15(17,18)19)6-10(7-9)20-13(21)11-3-1-2-4-12(11)14(20)22/h1-7H. The smallest absolute Gasteiger partial charge is 0.268 e. The van der Waals surface area contributed by atoms with Crippen LogP contribution in [0.1, 0.15) is 26.3 Å². The van der Waals surface area contributed by atoms with Gasteiger partial charge in [-0.25, -0.2) is 9.29 Å². The molecule has 0 fully saturated rings. The van der Waals surface area contributed by atoms with Crippen molar-refractivity contribution in [3.05, 3.63) is 65.0 Å². The van der Waals surface area contributed by atoms with Crippen molar-refractivity contribution in [1.29, 1.82) is 0 Å². The first-order chi connectivity index (χ1) is 10.3. The summed E-state index contributed by atoms with van der Waals surface area (Å²) in [6, 6.07) is 7.43. The predicted molar refractivity (Wildman–Crippen MR) is 69.0 cm³/mol. The summed E-state index contributed by atoms with van der Waals surface area (Å²) >= 11 is 0. The zero-order valence-electron chi connectivity index (χ0n) is 10.8. The second-order valence-corrected chi connectivity index (χ2v) is 4.69. The first-order valence-corrected chi connectivity index (χ1v) is 6.14. The minimum absolute atomic E-state index is 0.0744. The molecule has 7 heteroatoms. The van der Waals surface area contributed by atoms with Crippen LogP contribution in [0.2, 0.25) is 0 Å². The number of carbonyl (C=O) groups excluding carboxylic acids is 2. The van der Waals surface area contributed by atoms with E-state index >= 15 is 0 Å². The summed E-state index contributed by atoms with van der Waals surface area (Å²) in [6.07, 6.45) is -4.78. The fraction of sp³-hybridized carbons (Fsp3) is 0.0667. The molecule has 22 heavy (non-hydrogen) atoms. The van der Waals surface area contributed by atoms with Crippen LogP contribution in [-0.4, -0.2) is 11.8 Å². The Bertz CT molecular complexity index is 763. The van der Waals surface area contributed by atoms with Gasteiger partial charge in [-0.05, 0) is 30.3 Å². The largest absolute Gasteiger partial charge is 0.416 e. The van der Waals surface area contributed by atoms with E-state index in [9.17, 15) is 27.2 Å². The fourth-order valence-corrected chi connectivity index (χ4v) is 2.29. The number of carbonyl (C=O) groups is 2. The molecular formula is C15H7F4NO2. The van der Waals surface area contributed by atoms with Gasteiger partial charge in [0.2, 0.25) is 0 Å². The predicted octanol–water partition coefficient (Wildman–Crippen LogP) is 3.65. The van der Waals surface area contributed by atoms with Crippen molar-refractivity contribution in [3.63, 3.8) is 0 Å². The van der Waals surface area contributed by atoms with Gasteiger partial charge in [0, 0.05) is 0 Å². The Morgan fingerprint density at radius 1 is 0.864 bits per heavy atom. The molecule has 0 aromatic heterocycles. The summed E-state index contributed by atoms with van der Waals surface area (Å²) in [6.45, 7) is 0. The number of nitrogens with zero attached hydrogens (tertiary/aromatic N) is 1. The van der Waals surface area contributed by atoms with Crippen molar-refractivity contribution in [2.45, 2.75) is 6.18 Å². The molecule has 0 radical (unpaired) electrons. The van der Waals surface area contributed by atoms with Gasteiger partial charge in [0.05, 0.1) is 22.4 Å². The molecule has 3 rings (SSSR count). The second-order valence-electron chi connectivity index (χ2n) is 4.69. The van der Waals surface area contributed by atoms with Crippen molar-refractivity contribution < 1.29 is 27.2 Å². The first-order valence-electron chi connectivity index (χ1n) is 6.14. The van der Waals surface area contributed by atoms with Crippen molar-refractivity contribution in [1.82, 2.24) is 0 Å². The number of rotatable bonds is 1. The Labute approximate surface area is 121 Å². The quantitative estimate of drug-likeness (QED) is 0.596. The molecule has 1 heterocycles. The summed E-state index contributed by atoms with van der Waals surface area (Å²) in [4.78, 5) is 24.9. The van der Waals surface area contributed by atoms with E-state index in [1.165, 1.54) is 24.3 Å². The highest BCUT2D eigenvalue weighted by Gasteiger charge is 2.38. The highest BCUT2D eigenvalue weighted by molar-refractivity contribution is 6.34. The maximum absolute atomic E-state index is 13.4. The molecule has 2 aromatic rings. The lowest BCUT2D eigenvalue weighted by Crippen LogP contribution is -2.29. The van der Waals surface area contributed by atoms with Gasteiger partial charge in [0.15, 0.2) is 0 Å². The summed E-state index contributed by atoms with van der Waals surface area (Å²) in [5.41, 5.74) is -1.56. The minimum atomic E-state index is -4.78. The van der Waals surface area contributed by atoms with Crippen molar-refractivity contribution >= 4 is 17.5 Å². The van der Waals surface area contributed by atoms with Crippen LogP contribution in [0.15, 0.2) is 42.5 Å². The van der Waals surface area contributed by atoms with E-state index in [4.69, 9.17) is 0 Å². The van der Waals surface area contributed by atoms with Gasteiger partial charge < -0.3 is 0 Å². The molecule has 0 saturated carbocycles. The summed E-state index contributed by atoms with van der Waals surface area (Å²) < 4.78 is 51.7. The number of hydrogen-bond donors (Lipinski definition) is 0. The number of amides is 2. The van der Waals surface area contributed by atoms with E-state index in [0.29, 0.717) is 17.0 Å². The monoisotopic (exact) mass is 309 g/mol. The normalized spacial score (nSPS) is 14.5. The Kier molecular flexibility index (Phi) is 3.01. The average Bonchev–Trinajstić information content (AvgIpc) is 2.70. The van der Waals surface area contributed by atoms with Crippen LogP contribution in [0.3, 0.4) is 0 Å². The van der Waals surface area contributed by atoms with Crippen LogP contribution in [0.4, 0.5) is 23.2 Å². The van der Waals surface area contributed by atoms with Crippen LogP contribution in [0.25, 0.3) is 0 Å². The molecule has 0 bridgehead atoms. The van der Waals surface area contributed by atoms with Gasteiger partial charge in [-0.1, -0.05) is 12.1 Å². The van der Waals surface area contributed by atoms with Crippen LogP contribution in [0.5, 0.6) is 0 Å². The molecule has 0 atom stereocenters. The molecule has 0 aliphatic carbocycles. The SMILES string of the molecule is O=C1c2ccccc2C(=O)N1c1cc(F)cc(C(F)(F)F)c1. The fourth-order valence-electron chi connectivity index (χ4n) is 2.29. The minimum Gasteiger partial charge on any atom is -0.268 e. The van der Waals surface area contributed by atoms with Crippen LogP contribution >= 0.6 is 0 Å². The Balaban J connectivity index is 2.12. The molecule has 2 amide bonds. The third-order valence-electron chi connectivity index (χ3n) is 3.26. The zero-order chi connectivity index (χ0) is 16.1. The van der Waals surface area contributed by atoms with E-state index in [2.05, 4.69) is 0 Å². The Morgan fingerprint density at radius 3 is 1.91 bits per heavy atom. The number of hydrogen-bond acceptors (Lipinski definition) is 2. The maximum atomic E-state index is 13.4. The van der Waals surface area contributed by atoms with E-state index in [0.717, 1.165) is 6.07 Å². The summed E-state index contributed by atoms with van der Waals surface area (Å²) in [5, 5.41) is 0. The lowest BCUT2D eigenvalue weighted by Gasteiger charge is -2.16. The van der Waals surface area contributed by atoms with E-state index in [1.54, 1.807) is 0 Å². The van der Waals surface area contributed by atoms with E-state index < -0.39 is 35.1 Å². The summed E-state index contributed by atoms with van der Waals surface area (Å²) in [7, 11) is 0. The third kappa shape index (κ3) is 2.14. The van der Waals surface area contributed by atoms with Crippen LogP contribution < -0.4 is 4.90 Å². The average molecular weight is 309 g/mol. The van der Waals surface area contributed by atoms with Crippen molar-refractivity contribution in [2.24, 2.45) is 0 Å². The van der Waals surface area contributed by atoms with Crippen LogP contribution in [0, 0.1) is 5.82 Å². The van der Waals surface area contributed by atoms with Crippen LogP contribution in [-0.2, 0) is 6.18 Å².